The van der Waals surface area contributed by atoms with Crippen molar-refractivity contribution in [2.75, 3.05) is 0 Å². The molecule has 1 aromatic heterocycles. The van der Waals surface area contributed by atoms with Gasteiger partial charge < -0.3 is 0 Å². The van der Waals surface area contributed by atoms with E-state index in [0.29, 0.717) is 6.42 Å². The molecule has 70 valence electrons. The number of fused-ring (bicyclic) bond motifs is 1. The van der Waals surface area contributed by atoms with Gasteiger partial charge in [-0.05, 0) is 51.1 Å². The van der Waals surface area contributed by atoms with E-state index in [1.54, 1.807) is 11.3 Å². The number of thiol groups is 1. The summed E-state index contributed by atoms with van der Waals surface area (Å²) in [4.78, 5) is 0.964. The molecule has 0 N–H and O–H groups in total. The number of benzene rings is 1. The summed E-state index contributed by atoms with van der Waals surface area (Å²) in [5.41, 5.74) is 1.11. The van der Waals surface area contributed by atoms with Crippen LogP contribution in [0.2, 0.25) is 0 Å². The third-order valence-electron chi connectivity index (χ3n) is 2.03. The molecule has 0 unspecified atom stereocenters. The summed E-state index contributed by atoms with van der Waals surface area (Å²) in [6, 6.07) is 6.33. The zero-order chi connectivity index (χ0) is 10.1. The molecule has 0 aliphatic heterocycles. The van der Waals surface area contributed by atoms with Crippen LogP contribution in [0.3, 0.4) is 0 Å². The molecule has 1 nitrogen and oxygen atoms in total. The van der Waals surface area contributed by atoms with Gasteiger partial charge in [0.25, 0.3) is 0 Å². The smallest absolute Gasteiger partial charge is 0.0670 e. The first-order chi connectivity index (χ1) is 6.74. The van der Waals surface area contributed by atoms with Gasteiger partial charge in [0.05, 0.1) is 12.5 Å². The van der Waals surface area contributed by atoms with E-state index in [0.717, 1.165) is 14.0 Å². The third-order valence-corrected chi connectivity index (χ3v) is 4.91. The average molecular weight is 331 g/mol. The summed E-state index contributed by atoms with van der Waals surface area (Å²) in [6.45, 7) is 0. The number of nitriles is 1. The normalized spacial score (nSPS) is 10.4. The fourth-order valence-electron chi connectivity index (χ4n) is 1.39. The van der Waals surface area contributed by atoms with E-state index in [-0.39, 0.29) is 0 Å². The fraction of sp³-hybridized carbons (Fsp3) is 0.100. The van der Waals surface area contributed by atoms with Crippen molar-refractivity contribution < 1.29 is 0 Å². The topological polar surface area (TPSA) is 23.8 Å². The van der Waals surface area contributed by atoms with E-state index < -0.39 is 0 Å². The molecule has 1 heterocycles. The predicted octanol–water partition coefficient (Wildman–Crippen LogP) is 3.86. The molecule has 1 aromatic carbocycles. The zero-order valence-electron chi connectivity index (χ0n) is 7.12. The number of hydrogen-bond acceptors (Lipinski definition) is 3. The maximum atomic E-state index is 8.76. The lowest BCUT2D eigenvalue weighted by Gasteiger charge is -2.05. The summed E-state index contributed by atoms with van der Waals surface area (Å²) in [5.74, 6) is 0. The number of thiophene rings is 1. The summed E-state index contributed by atoms with van der Waals surface area (Å²) >= 11 is 8.34. The molecule has 0 bridgehead atoms. The van der Waals surface area contributed by atoms with Crippen LogP contribution >= 0.6 is 46.6 Å². The van der Waals surface area contributed by atoms with Crippen LogP contribution in [0.5, 0.6) is 0 Å². The van der Waals surface area contributed by atoms with Gasteiger partial charge in [-0.2, -0.15) is 5.26 Å². The van der Waals surface area contributed by atoms with Crippen LogP contribution in [-0.4, -0.2) is 0 Å². The minimum atomic E-state index is 0.458. The van der Waals surface area contributed by atoms with Gasteiger partial charge in [-0.25, -0.2) is 0 Å². The molecule has 2 aromatic rings. The Hall–Kier alpha value is -0.250. The lowest BCUT2D eigenvalue weighted by Crippen LogP contribution is -1.89. The second-order valence-electron chi connectivity index (χ2n) is 2.86. The van der Waals surface area contributed by atoms with Crippen molar-refractivity contribution in [1.82, 2.24) is 0 Å². The molecule has 0 aliphatic rings. The highest BCUT2D eigenvalue weighted by Gasteiger charge is 2.09. The van der Waals surface area contributed by atoms with Crippen LogP contribution in [0.15, 0.2) is 22.4 Å². The summed E-state index contributed by atoms with van der Waals surface area (Å²) < 4.78 is 2.30. The Bertz CT molecular complexity index is 525. The Morgan fingerprint density at radius 1 is 1.57 bits per heavy atom. The predicted molar refractivity (Wildman–Crippen MR) is 71.1 cm³/mol. The van der Waals surface area contributed by atoms with Crippen molar-refractivity contribution in [3.63, 3.8) is 0 Å². The Kier molecular flexibility index (Phi) is 3.00. The first-order valence-corrected chi connectivity index (χ1v) is 6.39. The third kappa shape index (κ3) is 1.64. The van der Waals surface area contributed by atoms with Gasteiger partial charge in [-0.15, -0.1) is 24.0 Å². The molecule has 0 saturated heterocycles. The zero-order valence-corrected chi connectivity index (χ0v) is 11.0. The maximum Gasteiger partial charge on any atom is 0.0670 e. The van der Waals surface area contributed by atoms with E-state index in [1.807, 2.05) is 0 Å². The molecule has 2 rings (SSSR count). The van der Waals surface area contributed by atoms with Gasteiger partial charge in [-0.1, -0.05) is 0 Å². The summed E-state index contributed by atoms with van der Waals surface area (Å²) in [7, 11) is 0. The van der Waals surface area contributed by atoms with E-state index in [9.17, 15) is 0 Å². The lowest BCUT2D eigenvalue weighted by molar-refractivity contribution is 1.24. The summed E-state index contributed by atoms with van der Waals surface area (Å²) in [5, 5.41) is 12.0. The molecule has 0 radical (unpaired) electrons. The van der Waals surface area contributed by atoms with Crippen LogP contribution in [-0.2, 0) is 6.42 Å². The van der Waals surface area contributed by atoms with Gasteiger partial charge in [0.2, 0.25) is 0 Å². The average Bonchev–Trinajstić information content (AvgIpc) is 2.60. The van der Waals surface area contributed by atoms with Gasteiger partial charge >= 0.3 is 0 Å². The van der Waals surface area contributed by atoms with Crippen LogP contribution in [0.25, 0.3) is 10.1 Å². The van der Waals surface area contributed by atoms with Crippen molar-refractivity contribution in [1.29, 1.82) is 5.26 Å². The minimum Gasteiger partial charge on any atom is -0.198 e. The molecule has 0 fully saturated rings. The number of nitrogens with zero attached hydrogens (tertiary/aromatic N) is 1. The molecule has 0 amide bonds. The molecule has 14 heavy (non-hydrogen) atoms. The first kappa shape index (κ1) is 10.3. The van der Waals surface area contributed by atoms with Crippen LogP contribution in [0.4, 0.5) is 0 Å². The molecule has 4 heteroatoms. The number of halogens is 1. The largest absolute Gasteiger partial charge is 0.198 e. The molecule has 0 aliphatic carbocycles. The lowest BCUT2D eigenvalue weighted by atomic mass is 10.1. The monoisotopic (exact) mass is 331 g/mol. The van der Waals surface area contributed by atoms with Crippen LogP contribution < -0.4 is 0 Å². The Morgan fingerprint density at radius 3 is 3.07 bits per heavy atom. The van der Waals surface area contributed by atoms with Crippen LogP contribution in [0.1, 0.15) is 5.56 Å². The molecular formula is C10H6INS2. The van der Waals surface area contributed by atoms with E-state index >= 15 is 0 Å². The van der Waals surface area contributed by atoms with Crippen LogP contribution in [0, 0.1) is 14.9 Å². The second-order valence-corrected chi connectivity index (χ2v) is 5.36. The SMILES string of the molecule is N#CCc1c(I)c(S)cc2sccc12. The first-order valence-electron chi connectivity index (χ1n) is 3.98. The minimum absolute atomic E-state index is 0.458. The molecular weight excluding hydrogens is 325 g/mol. The summed E-state index contributed by atoms with van der Waals surface area (Å²) in [6.07, 6.45) is 0.458. The van der Waals surface area contributed by atoms with Gasteiger partial charge in [0.1, 0.15) is 0 Å². The maximum absolute atomic E-state index is 8.76. The Labute approximate surface area is 105 Å². The Morgan fingerprint density at radius 2 is 2.36 bits per heavy atom. The van der Waals surface area contributed by atoms with Gasteiger partial charge in [-0.3, -0.25) is 0 Å². The Balaban J connectivity index is 2.81. The molecule has 0 spiro atoms. The quantitative estimate of drug-likeness (QED) is 0.623. The molecule has 0 saturated carbocycles. The number of rotatable bonds is 1. The number of hydrogen-bond donors (Lipinski definition) is 1. The highest BCUT2D eigenvalue weighted by atomic mass is 127. The van der Waals surface area contributed by atoms with Crippen molar-refractivity contribution in [2.45, 2.75) is 11.3 Å². The molecule has 0 atom stereocenters. The van der Waals surface area contributed by atoms with Crippen molar-refractivity contribution in [3.8, 4) is 6.07 Å². The second kappa shape index (κ2) is 4.09. The van der Waals surface area contributed by atoms with Gasteiger partial charge in [0.15, 0.2) is 0 Å². The van der Waals surface area contributed by atoms with E-state index in [4.69, 9.17) is 5.26 Å². The van der Waals surface area contributed by atoms with E-state index in [2.05, 4.69) is 58.8 Å². The van der Waals surface area contributed by atoms with Crippen molar-refractivity contribution >= 4 is 56.6 Å². The van der Waals surface area contributed by atoms with Crippen molar-refractivity contribution in [2.24, 2.45) is 0 Å². The fourth-order valence-corrected chi connectivity index (χ4v) is 3.24. The van der Waals surface area contributed by atoms with Gasteiger partial charge in [0, 0.05) is 13.2 Å². The standard InChI is InChI=1S/C10H6INS2/c11-10-7(1-3-12)6-2-4-14-9(6)5-8(10)13/h2,4-5,13H,1H2. The highest BCUT2D eigenvalue weighted by molar-refractivity contribution is 14.1. The van der Waals surface area contributed by atoms with Crippen molar-refractivity contribution in [3.05, 3.63) is 26.6 Å². The van der Waals surface area contributed by atoms with E-state index in [1.165, 1.54) is 10.1 Å². The highest BCUT2D eigenvalue weighted by Crippen LogP contribution is 2.32.